The molecule has 1 unspecified atom stereocenters. The maximum Gasteiger partial charge on any atom is 0.329 e. The highest BCUT2D eigenvalue weighted by Gasteiger charge is 2.13. The molecule has 2 amide bonds. The van der Waals surface area contributed by atoms with Crippen LogP contribution in [0.1, 0.15) is 49.5 Å². The highest BCUT2D eigenvalue weighted by molar-refractivity contribution is 5.94. The molecule has 0 spiro atoms. The van der Waals surface area contributed by atoms with Crippen molar-refractivity contribution in [2.24, 2.45) is 0 Å². The van der Waals surface area contributed by atoms with Crippen LogP contribution in [0.5, 0.6) is 0 Å². The van der Waals surface area contributed by atoms with E-state index in [1.165, 1.54) is 0 Å². The summed E-state index contributed by atoms with van der Waals surface area (Å²) in [5.41, 5.74) is 3.04. The van der Waals surface area contributed by atoms with Crippen LogP contribution < -0.4 is 16.3 Å². The molecule has 3 aromatic rings. The number of rotatable bonds is 9. The smallest absolute Gasteiger partial charge is 0.329 e. The number of para-hydroxylation sites is 2. The zero-order valence-electron chi connectivity index (χ0n) is 18.4. The predicted molar refractivity (Wildman–Crippen MR) is 122 cm³/mol. The summed E-state index contributed by atoms with van der Waals surface area (Å²) < 4.78 is 3.36. The van der Waals surface area contributed by atoms with Gasteiger partial charge in [-0.3, -0.25) is 18.7 Å². The molecule has 164 valence electrons. The third kappa shape index (κ3) is 5.23. The van der Waals surface area contributed by atoms with Gasteiger partial charge in [-0.05, 0) is 50.1 Å². The van der Waals surface area contributed by atoms with Crippen molar-refractivity contribution in [1.82, 2.24) is 19.8 Å². The second kappa shape index (κ2) is 10.1. The van der Waals surface area contributed by atoms with Gasteiger partial charge >= 0.3 is 5.69 Å². The number of hydrogen-bond acceptors (Lipinski definition) is 3. The lowest BCUT2D eigenvalue weighted by molar-refractivity contribution is -0.121. The van der Waals surface area contributed by atoms with Crippen molar-refractivity contribution >= 4 is 22.8 Å². The minimum atomic E-state index is -0.144. The van der Waals surface area contributed by atoms with E-state index in [-0.39, 0.29) is 30.0 Å². The summed E-state index contributed by atoms with van der Waals surface area (Å²) in [6.07, 6.45) is 1.06. The topological polar surface area (TPSA) is 85.1 Å². The van der Waals surface area contributed by atoms with E-state index in [4.69, 9.17) is 0 Å². The molecule has 0 aliphatic heterocycles. The quantitative estimate of drug-likeness (QED) is 0.556. The first-order valence-corrected chi connectivity index (χ1v) is 10.8. The van der Waals surface area contributed by atoms with Crippen molar-refractivity contribution in [2.75, 3.05) is 0 Å². The Morgan fingerprint density at radius 3 is 2.39 bits per heavy atom. The highest BCUT2D eigenvalue weighted by Crippen LogP contribution is 2.13. The molecular weight excluding hydrogens is 392 g/mol. The van der Waals surface area contributed by atoms with E-state index in [0.717, 1.165) is 23.0 Å². The lowest BCUT2D eigenvalue weighted by atomic mass is 10.1. The van der Waals surface area contributed by atoms with E-state index in [1.807, 2.05) is 57.2 Å². The third-order valence-electron chi connectivity index (χ3n) is 5.47. The first-order chi connectivity index (χ1) is 14.9. The third-order valence-corrected chi connectivity index (χ3v) is 5.47. The number of hydrogen-bond donors (Lipinski definition) is 2. The van der Waals surface area contributed by atoms with Gasteiger partial charge in [0.05, 0.1) is 11.0 Å². The Morgan fingerprint density at radius 2 is 1.71 bits per heavy atom. The zero-order chi connectivity index (χ0) is 22.4. The van der Waals surface area contributed by atoms with Crippen LogP contribution in [0.15, 0.2) is 53.3 Å². The number of carbonyl (C=O) groups excluding carboxylic acids is 2. The molecule has 1 atom stereocenters. The van der Waals surface area contributed by atoms with E-state index < -0.39 is 0 Å². The molecular formula is C24H30N4O3. The lowest BCUT2D eigenvalue weighted by Gasteiger charge is -2.12. The predicted octanol–water partition coefficient (Wildman–Crippen LogP) is 3.06. The maximum atomic E-state index is 12.7. The van der Waals surface area contributed by atoms with Crippen molar-refractivity contribution in [3.63, 3.8) is 0 Å². The van der Waals surface area contributed by atoms with Crippen molar-refractivity contribution in [2.45, 2.75) is 59.3 Å². The summed E-state index contributed by atoms with van der Waals surface area (Å²) in [5, 5.41) is 5.83. The van der Waals surface area contributed by atoms with Crippen LogP contribution in [-0.2, 0) is 24.4 Å². The van der Waals surface area contributed by atoms with Gasteiger partial charge in [0, 0.05) is 37.7 Å². The number of amides is 2. The van der Waals surface area contributed by atoms with Gasteiger partial charge in [0.2, 0.25) is 5.91 Å². The largest absolute Gasteiger partial charge is 0.352 e. The summed E-state index contributed by atoms with van der Waals surface area (Å²) in [7, 11) is 0. The number of benzene rings is 2. The molecule has 0 aliphatic rings. The first kappa shape index (κ1) is 22.3. The average molecular weight is 423 g/mol. The Hall–Kier alpha value is -3.35. The van der Waals surface area contributed by atoms with Crippen LogP contribution in [0.4, 0.5) is 0 Å². The molecule has 0 bridgehead atoms. The Labute approximate surface area is 182 Å². The summed E-state index contributed by atoms with van der Waals surface area (Å²) in [5.74, 6) is -0.260. The maximum absolute atomic E-state index is 12.7. The van der Waals surface area contributed by atoms with Crippen molar-refractivity contribution in [3.05, 3.63) is 70.1 Å². The summed E-state index contributed by atoms with van der Waals surface area (Å²) in [4.78, 5) is 37.4. The van der Waals surface area contributed by atoms with E-state index in [1.54, 1.807) is 21.3 Å². The van der Waals surface area contributed by atoms with Gasteiger partial charge in [-0.1, -0.05) is 31.2 Å². The van der Waals surface area contributed by atoms with Crippen molar-refractivity contribution in [3.8, 4) is 0 Å². The minimum absolute atomic E-state index is 0.100. The van der Waals surface area contributed by atoms with Crippen molar-refractivity contribution in [1.29, 1.82) is 0 Å². The molecule has 0 fully saturated rings. The lowest BCUT2D eigenvalue weighted by Crippen LogP contribution is -2.32. The Morgan fingerprint density at radius 1 is 1.00 bits per heavy atom. The van der Waals surface area contributed by atoms with Gasteiger partial charge in [0.15, 0.2) is 0 Å². The fourth-order valence-electron chi connectivity index (χ4n) is 3.53. The van der Waals surface area contributed by atoms with Gasteiger partial charge in [-0.2, -0.15) is 0 Å². The van der Waals surface area contributed by atoms with E-state index >= 15 is 0 Å². The molecule has 0 aliphatic carbocycles. The first-order valence-electron chi connectivity index (χ1n) is 10.8. The SMILES string of the molecule is CCC(C)NC(=O)c1cccc(CNC(=O)CCn2c(=O)n(CC)c3ccccc32)c1. The highest BCUT2D eigenvalue weighted by atomic mass is 16.2. The van der Waals surface area contributed by atoms with Crippen LogP contribution in [0, 0.1) is 0 Å². The number of aryl methyl sites for hydroxylation is 2. The Bertz CT molecular complexity index is 1130. The summed E-state index contributed by atoms with van der Waals surface area (Å²) >= 11 is 0. The zero-order valence-corrected chi connectivity index (χ0v) is 18.4. The number of imidazole rings is 1. The van der Waals surface area contributed by atoms with Crippen LogP contribution in [-0.4, -0.2) is 27.0 Å². The molecule has 0 saturated carbocycles. The molecule has 2 aromatic carbocycles. The normalized spacial score (nSPS) is 12.0. The van der Waals surface area contributed by atoms with Crippen molar-refractivity contribution < 1.29 is 9.59 Å². The second-order valence-electron chi connectivity index (χ2n) is 7.68. The number of nitrogens with one attached hydrogen (secondary N) is 2. The molecule has 1 heterocycles. The van der Waals surface area contributed by atoms with Gasteiger partial charge < -0.3 is 10.6 Å². The average Bonchev–Trinajstić information content (AvgIpc) is 3.06. The number of carbonyl (C=O) groups is 2. The molecule has 7 heteroatoms. The Kier molecular flexibility index (Phi) is 7.28. The van der Waals surface area contributed by atoms with E-state index in [9.17, 15) is 14.4 Å². The van der Waals surface area contributed by atoms with Gasteiger partial charge in [-0.25, -0.2) is 4.79 Å². The molecule has 31 heavy (non-hydrogen) atoms. The number of fused-ring (bicyclic) bond motifs is 1. The van der Waals surface area contributed by atoms with Gasteiger partial charge in [0.1, 0.15) is 0 Å². The molecule has 7 nitrogen and oxygen atoms in total. The number of nitrogens with zero attached hydrogens (tertiary/aromatic N) is 2. The standard InChI is InChI=1S/C24H30N4O3/c1-4-17(3)26-23(30)19-10-8-9-18(15-19)16-25-22(29)13-14-28-21-12-7-6-11-20(21)27(5-2)24(28)31/h6-12,15,17H,4-5,13-14,16H2,1-3H3,(H,25,29)(H,26,30). The van der Waals surface area contributed by atoms with Crippen LogP contribution >= 0.6 is 0 Å². The van der Waals surface area contributed by atoms with E-state index in [2.05, 4.69) is 10.6 Å². The van der Waals surface area contributed by atoms with Crippen LogP contribution in [0.2, 0.25) is 0 Å². The van der Waals surface area contributed by atoms with Gasteiger partial charge in [-0.15, -0.1) is 0 Å². The molecule has 2 N–H and O–H groups in total. The summed E-state index contributed by atoms with van der Waals surface area (Å²) in [6, 6.07) is 15.0. The monoisotopic (exact) mass is 422 g/mol. The number of aromatic nitrogens is 2. The van der Waals surface area contributed by atoms with Crippen LogP contribution in [0.3, 0.4) is 0 Å². The fraction of sp³-hybridized carbons (Fsp3) is 0.375. The summed E-state index contributed by atoms with van der Waals surface area (Å²) in [6.45, 7) is 7.14. The Balaban J connectivity index is 1.60. The van der Waals surface area contributed by atoms with Crippen LogP contribution in [0.25, 0.3) is 11.0 Å². The van der Waals surface area contributed by atoms with Gasteiger partial charge in [0.25, 0.3) is 5.91 Å². The molecule has 3 rings (SSSR count). The molecule has 1 aromatic heterocycles. The molecule has 0 radical (unpaired) electrons. The second-order valence-corrected chi connectivity index (χ2v) is 7.68. The minimum Gasteiger partial charge on any atom is -0.352 e. The molecule has 0 saturated heterocycles. The fourth-order valence-corrected chi connectivity index (χ4v) is 3.53. The van der Waals surface area contributed by atoms with E-state index in [0.29, 0.717) is 25.2 Å².